The van der Waals surface area contributed by atoms with Crippen LogP contribution in [0.1, 0.15) is 11.3 Å². The van der Waals surface area contributed by atoms with Crippen LogP contribution in [0, 0.1) is 18.6 Å². The van der Waals surface area contributed by atoms with E-state index in [1.54, 1.807) is 11.3 Å². The molecular weight excluding hydrogens is 212 g/mol. The summed E-state index contributed by atoms with van der Waals surface area (Å²) in [6.07, 6.45) is 0. The lowest BCUT2D eigenvalue weighted by Gasteiger charge is -2.00. The molecule has 2 nitrogen and oxygen atoms in total. The van der Waals surface area contributed by atoms with Crippen molar-refractivity contribution in [2.75, 3.05) is 0 Å². The molecule has 0 saturated carbocycles. The van der Waals surface area contributed by atoms with Crippen LogP contribution in [0.15, 0.2) is 17.5 Å². The Morgan fingerprint density at radius 1 is 1.43 bits per heavy atom. The molecule has 0 spiro atoms. The highest BCUT2D eigenvalue weighted by Crippen LogP contribution is 2.27. The summed E-state index contributed by atoms with van der Waals surface area (Å²) in [6, 6.07) is 4.12. The van der Waals surface area contributed by atoms with Gasteiger partial charge < -0.3 is 4.98 Å². The molecule has 0 atom stereocenters. The Hall–Kier alpha value is -1.00. The zero-order valence-electron chi connectivity index (χ0n) is 8.00. The first kappa shape index (κ1) is 9.55. The van der Waals surface area contributed by atoms with Crippen LogP contribution < -0.4 is 0 Å². The highest BCUT2D eigenvalue weighted by molar-refractivity contribution is 7.71. The van der Waals surface area contributed by atoms with E-state index in [2.05, 4.69) is 28.3 Å². The van der Waals surface area contributed by atoms with Crippen molar-refractivity contribution >= 4 is 23.6 Å². The van der Waals surface area contributed by atoms with E-state index in [0.717, 1.165) is 11.4 Å². The smallest absolute Gasteiger partial charge is 0.197 e. The minimum Gasteiger partial charge on any atom is -0.335 e. The van der Waals surface area contributed by atoms with E-state index in [1.165, 1.54) is 10.4 Å². The monoisotopic (exact) mass is 222 g/mol. The number of nitrogens with one attached hydrogen (secondary N) is 1. The van der Waals surface area contributed by atoms with Crippen LogP contribution in [-0.4, -0.2) is 9.97 Å². The minimum absolute atomic E-state index is 0.549. The molecule has 0 aliphatic heterocycles. The Kier molecular flexibility index (Phi) is 2.48. The van der Waals surface area contributed by atoms with Gasteiger partial charge in [0.05, 0.1) is 10.6 Å². The van der Waals surface area contributed by atoms with E-state index < -0.39 is 0 Å². The molecule has 0 aliphatic carbocycles. The second-order valence-electron chi connectivity index (χ2n) is 3.19. The molecule has 4 heteroatoms. The highest BCUT2D eigenvalue weighted by atomic mass is 32.1. The molecule has 0 aliphatic rings. The van der Waals surface area contributed by atoms with Crippen LogP contribution in [0.25, 0.3) is 10.6 Å². The first-order chi connectivity index (χ1) is 6.66. The number of nitrogens with zero attached hydrogens (tertiary/aromatic N) is 1. The number of H-pyrrole nitrogens is 1. The predicted molar refractivity (Wildman–Crippen MR) is 62.2 cm³/mol. The third-order valence-electron chi connectivity index (χ3n) is 1.97. The van der Waals surface area contributed by atoms with Crippen LogP contribution in [0.2, 0.25) is 0 Å². The van der Waals surface area contributed by atoms with Crippen LogP contribution in [0.5, 0.6) is 0 Å². The number of hydrogen-bond donors (Lipinski definition) is 1. The highest BCUT2D eigenvalue weighted by Gasteiger charge is 2.04. The van der Waals surface area contributed by atoms with Crippen LogP contribution >= 0.6 is 23.6 Å². The van der Waals surface area contributed by atoms with E-state index in [1.807, 2.05) is 13.0 Å². The average Bonchev–Trinajstić information content (AvgIpc) is 2.49. The first-order valence-corrected chi connectivity index (χ1v) is 5.58. The van der Waals surface area contributed by atoms with E-state index in [4.69, 9.17) is 12.2 Å². The molecule has 0 fully saturated rings. The van der Waals surface area contributed by atoms with Gasteiger partial charge >= 0.3 is 0 Å². The molecule has 14 heavy (non-hydrogen) atoms. The fourth-order valence-corrected chi connectivity index (χ4v) is 2.48. The number of hydrogen-bond acceptors (Lipinski definition) is 3. The molecule has 2 heterocycles. The van der Waals surface area contributed by atoms with Gasteiger partial charge in [-0.05, 0) is 49.1 Å². The molecule has 0 amide bonds. The zero-order chi connectivity index (χ0) is 10.1. The van der Waals surface area contributed by atoms with E-state index in [9.17, 15) is 0 Å². The van der Waals surface area contributed by atoms with Gasteiger partial charge in [0.2, 0.25) is 0 Å². The summed E-state index contributed by atoms with van der Waals surface area (Å²) >= 11 is 6.74. The summed E-state index contributed by atoms with van der Waals surface area (Å²) in [5, 5.41) is 2.07. The Bertz CT molecular complexity index is 511. The van der Waals surface area contributed by atoms with Gasteiger partial charge in [-0.3, -0.25) is 0 Å². The number of aromatic amines is 1. The summed E-state index contributed by atoms with van der Waals surface area (Å²) in [4.78, 5) is 8.51. The van der Waals surface area contributed by atoms with Gasteiger partial charge in [0, 0.05) is 5.69 Å². The fraction of sp³-hybridized carbons (Fsp3) is 0.200. The maximum atomic E-state index is 5.04. The predicted octanol–water partition coefficient (Wildman–Crippen LogP) is 3.48. The van der Waals surface area contributed by atoms with Crippen molar-refractivity contribution in [1.82, 2.24) is 9.97 Å². The molecule has 0 aromatic carbocycles. The minimum atomic E-state index is 0.549. The van der Waals surface area contributed by atoms with E-state index in [0.29, 0.717) is 4.77 Å². The van der Waals surface area contributed by atoms with Crippen molar-refractivity contribution in [3.63, 3.8) is 0 Å². The lowest BCUT2D eigenvalue weighted by atomic mass is 10.2. The summed E-state index contributed by atoms with van der Waals surface area (Å²) in [6.45, 7) is 4.08. The number of rotatable bonds is 1. The Balaban J connectivity index is 2.63. The van der Waals surface area contributed by atoms with Crippen molar-refractivity contribution in [3.8, 4) is 10.6 Å². The Morgan fingerprint density at radius 2 is 2.21 bits per heavy atom. The third-order valence-corrected chi connectivity index (χ3v) is 3.21. The SMILES string of the molecule is Cc1cc(-c2sccc2C)nc(=S)[nH]1. The second kappa shape index (κ2) is 3.63. The molecule has 1 N–H and O–H groups in total. The summed E-state index contributed by atoms with van der Waals surface area (Å²) in [5.41, 5.74) is 3.27. The number of aromatic nitrogens is 2. The van der Waals surface area contributed by atoms with Crippen LogP contribution in [0.3, 0.4) is 0 Å². The van der Waals surface area contributed by atoms with Gasteiger partial charge in [-0.1, -0.05) is 0 Å². The molecule has 2 aromatic heterocycles. The molecule has 72 valence electrons. The maximum Gasteiger partial charge on any atom is 0.197 e. The summed E-state index contributed by atoms with van der Waals surface area (Å²) in [7, 11) is 0. The van der Waals surface area contributed by atoms with Crippen molar-refractivity contribution in [1.29, 1.82) is 0 Å². The molecule has 0 unspecified atom stereocenters. The zero-order valence-corrected chi connectivity index (χ0v) is 9.63. The lowest BCUT2D eigenvalue weighted by Crippen LogP contribution is -1.89. The van der Waals surface area contributed by atoms with Gasteiger partial charge in [0.1, 0.15) is 0 Å². The van der Waals surface area contributed by atoms with Gasteiger partial charge in [0.15, 0.2) is 4.77 Å². The third kappa shape index (κ3) is 1.76. The maximum absolute atomic E-state index is 5.04. The molecule has 2 aromatic rings. The fourth-order valence-electron chi connectivity index (χ4n) is 1.33. The van der Waals surface area contributed by atoms with E-state index in [-0.39, 0.29) is 0 Å². The normalized spacial score (nSPS) is 10.4. The van der Waals surface area contributed by atoms with E-state index >= 15 is 0 Å². The van der Waals surface area contributed by atoms with Crippen molar-refractivity contribution in [2.45, 2.75) is 13.8 Å². The topological polar surface area (TPSA) is 28.7 Å². The molecule has 0 radical (unpaired) electrons. The molecule has 0 saturated heterocycles. The lowest BCUT2D eigenvalue weighted by molar-refractivity contribution is 1.08. The van der Waals surface area contributed by atoms with Crippen LogP contribution in [0.4, 0.5) is 0 Å². The largest absolute Gasteiger partial charge is 0.335 e. The molecule has 2 rings (SSSR count). The van der Waals surface area contributed by atoms with Crippen molar-refractivity contribution < 1.29 is 0 Å². The quantitative estimate of drug-likeness (QED) is 0.748. The van der Waals surface area contributed by atoms with Crippen molar-refractivity contribution in [3.05, 3.63) is 33.5 Å². The van der Waals surface area contributed by atoms with Gasteiger partial charge in [-0.2, -0.15) is 0 Å². The van der Waals surface area contributed by atoms with Gasteiger partial charge in [-0.15, -0.1) is 11.3 Å². The Morgan fingerprint density at radius 3 is 2.79 bits per heavy atom. The van der Waals surface area contributed by atoms with Crippen LogP contribution in [-0.2, 0) is 0 Å². The van der Waals surface area contributed by atoms with Gasteiger partial charge in [-0.25, -0.2) is 4.98 Å². The first-order valence-electron chi connectivity index (χ1n) is 4.29. The number of aryl methyl sites for hydroxylation is 2. The second-order valence-corrected chi connectivity index (χ2v) is 4.49. The van der Waals surface area contributed by atoms with Crippen molar-refractivity contribution in [2.24, 2.45) is 0 Å². The Labute approximate surface area is 91.7 Å². The average molecular weight is 222 g/mol. The molecular formula is C10H10N2S2. The van der Waals surface area contributed by atoms with Gasteiger partial charge in [0.25, 0.3) is 0 Å². The standard InChI is InChI=1S/C10H10N2S2/c1-6-3-4-14-9(6)8-5-7(2)11-10(13)12-8/h3-5H,1-2H3,(H,11,12,13). The number of thiophene rings is 1. The molecule has 0 bridgehead atoms. The summed E-state index contributed by atoms with van der Waals surface area (Å²) < 4.78 is 0.549. The summed E-state index contributed by atoms with van der Waals surface area (Å²) in [5.74, 6) is 0.